The first-order valence-corrected chi connectivity index (χ1v) is 4.99. The molecule has 0 saturated heterocycles. The Bertz CT molecular complexity index is 395. The summed E-state index contributed by atoms with van der Waals surface area (Å²) in [6, 6.07) is 1.26. The zero-order valence-electron chi connectivity index (χ0n) is 8.22. The van der Waals surface area contributed by atoms with Crippen molar-refractivity contribution in [3.05, 3.63) is 22.5 Å². The van der Waals surface area contributed by atoms with Crippen LogP contribution in [-0.2, 0) is 6.42 Å². The maximum absolute atomic E-state index is 13.7. The topological polar surface area (TPSA) is 44.5 Å². The lowest BCUT2D eigenvalue weighted by Gasteiger charge is -2.10. The van der Waals surface area contributed by atoms with Gasteiger partial charge in [-0.25, -0.2) is 4.39 Å². The predicted octanol–water partition coefficient (Wildman–Crippen LogP) is 2.10. The van der Waals surface area contributed by atoms with Gasteiger partial charge in [-0.2, -0.15) is 0 Å². The Morgan fingerprint density at radius 2 is 2.33 bits per heavy atom. The lowest BCUT2D eigenvalue weighted by Crippen LogP contribution is -2.19. The maximum atomic E-state index is 13.7. The van der Waals surface area contributed by atoms with E-state index in [-0.39, 0.29) is 17.9 Å². The van der Waals surface area contributed by atoms with Gasteiger partial charge in [0.2, 0.25) is 6.79 Å². The number of nitrogens with two attached hydrogens (primary N) is 1. The SMILES string of the molecule is CC(N)Cc1c(F)c(Cl)cc2c1OCO2. The highest BCUT2D eigenvalue weighted by molar-refractivity contribution is 6.31. The second-order valence-electron chi connectivity index (χ2n) is 3.57. The molecule has 0 aliphatic carbocycles. The third-order valence-electron chi connectivity index (χ3n) is 2.17. The lowest BCUT2D eigenvalue weighted by atomic mass is 10.1. The molecule has 1 aromatic carbocycles. The van der Waals surface area contributed by atoms with Gasteiger partial charge in [-0.15, -0.1) is 0 Å². The smallest absolute Gasteiger partial charge is 0.231 e. The van der Waals surface area contributed by atoms with Crippen LogP contribution >= 0.6 is 11.6 Å². The van der Waals surface area contributed by atoms with Crippen LogP contribution in [0.2, 0.25) is 5.02 Å². The van der Waals surface area contributed by atoms with Gasteiger partial charge in [-0.05, 0) is 13.3 Å². The maximum Gasteiger partial charge on any atom is 0.231 e. The van der Waals surface area contributed by atoms with E-state index in [2.05, 4.69) is 0 Å². The van der Waals surface area contributed by atoms with Crippen LogP contribution in [0.4, 0.5) is 4.39 Å². The summed E-state index contributed by atoms with van der Waals surface area (Å²) in [5.74, 6) is 0.435. The first-order valence-electron chi connectivity index (χ1n) is 4.61. The Balaban J connectivity index is 2.50. The molecular formula is C10H11ClFNO2. The molecule has 0 radical (unpaired) electrons. The third-order valence-corrected chi connectivity index (χ3v) is 2.45. The van der Waals surface area contributed by atoms with Crippen molar-refractivity contribution in [2.45, 2.75) is 19.4 Å². The van der Waals surface area contributed by atoms with Crippen LogP contribution in [0.5, 0.6) is 11.5 Å². The molecule has 0 fully saturated rings. The van der Waals surface area contributed by atoms with E-state index in [1.807, 2.05) is 0 Å². The van der Waals surface area contributed by atoms with E-state index in [1.165, 1.54) is 6.07 Å². The monoisotopic (exact) mass is 231 g/mol. The van der Waals surface area contributed by atoms with Gasteiger partial charge >= 0.3 is 0 Å². The molecule has 2 N–H and O–H groups in total. The Kier molecular flexibility index (Phi) is 2.71. The van der Waals surface area contributed by atoms with Crippen molar-refractivity contribution in [1.29, 1.82) is 0 Å². The Labute approximate surface area is 91.9 Å². The van der Waals surface area contributed by atoms with E-state index in [0.717, 1.165) is 0 Å². The minimum atomic E-state index is -0.474. The van der Waals surface area contributed by atoms with Crippen LogP contribution in [0.15, 0.2) is 6.07 Å². The number of ether oxygens (including phenoxy) is 2. The molecule has 15 heavy (non-hydrogen) atoms. The highest BCUT2D eigenvalue weighted by Gasteiger charge is 2.24. The minimum Gasteiger partial charge on any atom is -0.454 e. The minimum absolute atomic E-state index is 0.0369. The first-order chi connectivity index (χ1) is 7.09. The quantitative estimate of drug-likeness (QED) is 0.848. The molecule has 1 aliphatic heterocycles. The molecule has 1 unspecified atom stereocenters. The normalized spacial score (nSPS) is 15.5. The van der Waals surface area contributed by atoms with Crippen molar-refractivity contribution in [3.8, 4) is 11.5 Å². The molecule has 5 heteroatoms. The van der Waals surface area contributed by atoms with Crippen LogP contribution in [-0.4, -0.2) is 12.8 Å². The van der Waals surface area contributed by atoms with Crippen molar-refractivity contribution in [1.82, 2.24) is 0 Å². The van der Waals surface area contributed by atoms with E-state index >= 15 is 0 Å². The van der Waals surface area contributed by atoms with Crippen molar-refractivity contribution in [2.75, 3.05) is 6.79 Å². The van der Waals surface area contributed by atoms with Crippen molar-refractivity contribution >= 4 is 11.6 Å². The highest BCUT2D eigenvalue weighted by atomic mass is 35.5. The Morgan fingerprint density at radius 1 is 1.60 bits per heavy atom. The highest BCUT2D eigenvalue weighted by Crippen LogP contribution is 2.40. The molecule has 1 aromatic rings. The summed E-state index contributed by atoms with van der Waals surface area (Å²) in [6.45, 7) is 1.89. The van der Waals surface area contributed by atoms with Gasteiger partial charge < -0.3 is 15.2 Å². The Hall–Kier alpha value is -1.00. The first kappa shape index (κ1) is 10.5. The van der Waals surface area contributed by atoms with Gasteiger partial charge in [0.05, 0.1) is 5.02 Å². The van der Waals surface area contributed by atoms with E-state index in [0.29, 0.717) is 23.5 Å². The molecule has 0 aromatic heterocycles. The zero-order chi connectivity index (χ0) is 11.0. The zero-order valence-corrected chi connectivity index (χ0v) is 8.97. The fourth-order valence-electron chi connectivity index (χ4n) is 1.56. The lowest BCUT2D eigenvalue weighted by molar-refractivity contribution is 0.173. The predicted molar refractivity (Wildman–Crippen MR) is 54.9 cm³/mol. The summed E-state index contributed by atoms with van der Waals surface area (Å²) >= 11 is 5.73. The van der Waals surface area contributed by atoms with Crippen LogP contribution in [0.25, 0.3) is 0 Å². The summed E-state index contributed by atoms with van der Waals surface area (Å²) in [6.07, 6.45) is 0.373. The van der Waals surface area contributed by atoms with Crippen molar-refractivity contribution in [3.63, 3.8) is 0 Å². The summed E-state index contributed by atoms with van der Waals surface area (Å²) in [5, 5.41) is 0.0369. The van der Waals surface area contributed by atoms with Crippen LogP contribution < -0.4 is 15.2 Å². The van der Waals surface area contributed by atoms with E-state index in [4.69, 9.17) is 26.8 Å². The summed E-state index contributed by atoms with van der Waals surface area (Å²) in [7, 11) is 0. The number of rotatable bonds is 2. The molecule has 3 nitrogen and oxygen atoms in total. The molecule has 2 rings (SSSR count). The largest absolute Gasteiger partial charge is 0.454 e. The van der Waals surface area contributed by atoms with E-state index in [1.54, 1.807) is 6.92 Å². The second kappa shape index (κ2) is 3.87. The van der Waals surface area contributed by atoms with Crippen LogP contribution in [0, 0.1) is 5.82 Å². The third kappa shape index (κ3) is 1.87. The van der Waals surface area contributed by atoms with E-state index < -0.39 is 5.82 Å². The molecule has 0 amide bonds. The molecular weight excluding hydrogens is 221 g/mol. The van der Waals surface area contributed by atoms with Crippen LogP contribution in [0.1, 0.15) is 12.5 Å². The van der Waals surface area contributed by atoms with Crippen molar-refractivity contribution < 1.29 is 13.9 Å². The summed E-state index contributed by atoms with van der Waals surface area (Å²) in [5.41, 5.74) is 6.02. The number of hydrogen-bond acceptors (Lipinski definition) is 3. The van der Waals surface area contributed by atoms with Gasteiger partial charge in [0.1, 0.15) is 5.82 Å². The van der Waals surface area contributed by atoms with Gasteiger partial charge in [-0.3, -0.25) is 0 Å². The Morgan fingerprint density at radius 3 is 3.00 bits per heavy atom. The number of benzene rings is 1. The fraction of sp³-hybridized carbons (Fsp3) is 0.400. The average Bonchev–Trinajstić information content (AvgIpc) is 2.59. The molecule has 0 spiro atoms. The average molecular weight is 232 g/mol. The molecule has 1 atom stereocenters. The molecule has 1 aliphatic rings. The second-order valence-corrected chi connectivity index (χ2v) is 3.97. The van der Waals surface area contributed by atoms with Gasteiger partial charge in [-0.1, -0.05) is 11.6 Å². The number of hydrogen-bond donors (Lipinski definition) is 1. The van der Waals surface area contributed by atoms with Crippen LogP contribution in [0.3, 0.4) is 0 Å². The fourth-order valence-corrected chi connectivity index (χ4v) is 1.77. The van der Waals surface area contributed by atoms with Crippen molar-refractivity contribution in [2.24, 2.45) is 5.73 Å². The molecule has 0 bridgehead atoms. The summed E-state index contributed by atoms with van der Waals surface area (Å²) < 4.78 is 24.0. The molecule has 1 heterocycles. The summed E-state index contributed by atoms with van der Waals surface area (Å²) in [4.78, 5) is 0. The standard InChI is InChI=1S/C10H11ClFNO2/c1-5(13)2-6-9(12)7(11)3-8-10(6)15-4-14-8/h3,5H,2,4,13H2,1H3. The number of fused-ring (bicyclic) bond motifs is 1. The molecule has 0 saturated carbocycles. The number of halogens is 2. The van der Waals surface area contributed by atoms with Gasteiger partial charge in [0.25, 0.3) is 0 Å². The van der Waals surface area contributed by atoms with Gasteiger partial charge in [0, 0.05) is 17.7 Å². The van der Waals surface area contributed by atoms with E-state index in [9.17, 15) is 4.39 Å². The molecule has 82 valence electrons. The van der Waals surface area contributed by atoms with Gasteiger partial charge in [0.15, 0.2) is 11.5 Å².